The second-order valence-electron chi connectivity index (χ2n) is 7.22. The van der Waals surface area contributed by atoms with Crippen LogP contribution in [0.1, 0.15) is 56.2 Å². The number of nitrogens with one attached hydrogen (secondary N) is 1. The van der Waals surface area contributed by atoms with Crippen LogP contribution in [0.5, 0.6) is 5.75 Å². The maximum atomic E-state index is 12.4. The van der Waals surface area contributed by atoms with E-state index in [1.807, 2.05) is 19.9 Å². The molecule has 2 rings (SSSR count). The van der Waals surface area contributed by atoms with Gasteiger partial charge in [0, 0.05) is 11.6 Å². The van der Waals surface area contributed by atoms with Crippen LogP contribution in [0.3, 0.4) is 0 Å². The van der Waals surface area contributed by atoms with Crippen molar-refractivity contribution in [3.63, 3.8) is 0 Å². The lowest BCUT2D eigenvalue weighted by atomic mass is 10.0. The number of amides is 1. The van der Waals surface area contributed by atoms with Crippen molar-refractivity contribution in [3.05, 3.63) is 64.2 Å². The second-order valence-corrected chi connectivity index (χ2v) is 7.62. The summed E-state index contributed by atoms with van der Waals surface area (Å²) in [6.45, 7) is 8.90. The van der Waals surface area contributed by atoms with Gasteiger partial charge in [0.2, 0.25) is 0 Å². The van der Waals surface area contributed by atoms with Crippen molar-refractivity contribution in [2.75, 3.05) is 6.54 Å². The van der Waals surface area contributed by atoms with E-state index >= 15 is 0 Å². The van der Waals surface area contributed by atoms with E-state index in [1.54, 1.807) is 12.1 Å². The normalized spacial score (nSPS) is 12.1. The minimum atomic E-state index is -0.490. The van der Waals surface area contributed by atoms with Crippen molar-refractivity contribution >= 4 is 17.5 Å². The molecule has 2 aromatic carbocycles. The van der Waals surface area contributed by atoms with Gasteiger partial charge in [-0.1, -0.05) is 56.6 Å². The fourth-order valence-electron chi connectivity index (χ4n) is 2.86. The molecule has 1 atom stereocenters. The molecule has 0 saturated heterocycles. The number of carbonyl (C=O) groups is 1. The molecule has 0 bridgehead atoms. The number of ether oxygens (including phenoxy) is 1. The molecular formula is C23H30ClNO2. The average Bonchev–Trinajstić information content (AvgIpc) is 2.66. The standard InChI is InChI=1S/C23H30ClNO2/c1-5-22(27-20-12-13-21(24)17(4)15-20)23(26)25-14-6-7-18-8-10-19(11-9-18)16(2)3/h8-13,15-16,22H,5-7,14H2,1-4H3,(H,25,26). The van der Waals surface area contributed by atoms with Gasteiger partial charge in [0.25, 0.3) is 5.91 Å². The molecule has 0 saturated carbocycles. The van der Waals surface area contributed by atoms with Gasteiger partial charge in [0.1, 0.15) is 5.75 Å². The summed E-state index contributed by atoms with van der Waals surface area (Å²) >= 11 is 6.04. The Morgan fingerprint density at radius 1 is 1.15 bits per heavy atom. The molecule has 0 heterocycles. The minimum absolute atomic E-state index is 0.0692. The highest BCUT2D eigenvalue weighted by Gasteiger charge is 2.18. The Morgan fingerprint density at radius 3 is 2.44 bits per heavy atom. The summed E-state index contributed by atoms with van der Waals surface area (Å²) < 4.78 is 5.84. The molecule has 27 heavy (non-hydrogen) atoms. The van der Waals surface area contributed by atoms with Gasteiger partial charge < -0.3 is 10.1 Å². The third kappa shape index (κ3) is 6.59. The lowest BCUT2D eigenvalue weighted by Crippen LogP contribution is -2.38. The number of hydrogen-bond donors (Lipinski definition) is 1. The van der Waals surface area contributed by atoms with Crippen LogP contribution in [0.4, 0.5) is 0 Å². The van der Waals surface area contributed by atoms with Gasteiger partial charge in [-0.3, -0.25) is 4.79 Å². The first-order valence-corrected chi connectivity index (χ1v) is 10.1. The zero-order valence-corrected chi connectivity index (χ0v) is 17.5. The quantitative estimate of drug-likeness (QED) is 0.562. The summed E-state index contributed by atoms with van der Waals surface area (Å²) in [6.07, 6.45) is 1.98. The fraction of sp³-hybridized carbons (Fsp3) is 0.435. The smallest absolute Gasteiger partial charge is 0.261 e. The predicted molar refractivity (Wildman–Crippen MR) is 113 cm³/mol. The number of carbonyl (C=O) groups excluding carboxylic acids is 1. The predicted octanol–water partition coefficient (Wildman–Crippen LogP) is 5.68. The first-order chi connectivity index (χ1) is 12.9. The van der Waals surface area contributed by atoms with Crippen LogP contribution in [-0.2, 0) is 11.2 Å². The number of rotatable bonds is 9. The molecule has 3 nitrogen and oxygen atoms in total. The number of hydrogen-bond acceptors (Lipinski definition) is 2. The molecule has 146 valence electrons. The van der Waals surface area contributed by atoms with Gasteiger partial charge in [-0.15, -0.1) is 0 Å². The van der Waals surface area contributed by atoms with E-state index in [1.165, 1.54) is 11.1 Å². The molecule has 1 unspecified atom stereocenters. The lowest BCUT2D eigenvalue weighted by molar-refractivity contribution is -0.128. The van der Waals surface area contributed by atoms with E-state index < -0.39 is 6.10 Å². The lowest BCUT2D eigenvalue weighted by Gasteiger charge is -2.18. The third-order valence-electron chi connectivity index (χ3n) is 4.66. The topological polar surface area (TPSA) is 38.3 Å². The van der Waals surface area contributed by atoms with Crippen molar-refractivity contribution in [2.24, 2.45) is 0 Å². The van der Waals surface area contributed by atoms with Crippen LogP contribution in [0.15, 0.2) is 42.5 Å². The Balaban J connectivity index is 1.78. The fourth-order valence-corrected chi connectivity index (χ4v) is 2.98. The van der Waals surface area contributed by atoms with Gasteiger partial charge in [-0.2, -0.15) is 0 Å². The SMILES string of the molecule is CCC(Oc1ccc(Cl)c(C)c1)C(=O)NCCCc1ccc(C(C)C)cc1. The molecule has 1 amide bonds. The largest absolute Gasteiger partial charge is 0.481 e. The van der Waals surface area contributed by atoms with Gasteiger partial charge in [0.05, 0.1) is 0 Å². The maximum Gasteiger partial charge on any atom is 0.261 e. The van der Waals surface area contributed by atoms with E-state index in [0.29, 0.717) is 29.7 Å². The van der Waals surface area contributed by atoms with E-state index in [4.69, 9.17) is 16.3 Å². The highest BCUT2D eigenvalue weighted by Crippen LogP contribution is 2.22. The van der Waals surface area contributed by atoms with Crippen LogP contribution >= 0.6 is 11.6 Å². The monoisotopic (exact) mass is 387 g/mol. The highest BCUT2D eigenvalue weighted by molar-refractivity contribution is 6.31. The molecule has 0 aliphatic rings. The molecule has 0 aromatic heterocycles. The van der Waals surface area contributed by atoms with Crippen molar-refractivity contribution in [1.82, 2.24) is 5.32 Å². The van der Waals surface area contributed by atoms with E-state index in [-0.39, 0.29) is 5.91 Å². The van der Waals surface area contributed by atoms with E-state index in [9.17, 15) is 4.79 Å². The van der Waals surface area contributed by atoms with Crippen molar-refractivity contribution in [3.8, 4) is 5.75 Å². The van der Waals surface area contributed by atoms with Gasteiger partial charge in [-0.05, 0) is 67.0 Å². The molecule has 0 aliphatic heterocycles. The Morgan fingerprint density at radius 2 is 1.85 bits per heavy atom. The zero-order chi connectivity index (χ0) is 19.8. The Hall–Kier alpha value is -2.00. The second kappa shape index (κ2) is 10.4. The number of benzene rings is 2. The van der Waals surface area contributed by atoms with E-state index in [0.717, 1.165) is 18.4 Å². The summed E-state index contributed by atoms with van der Waals surface area (Å²) in [5, 5.41) is 3.69. The first-order valence-electron chi connectivity index (χ1n) is 9.70. The molecule has 2 aromatic rings. The highest BCUT2D eigenvalue weighted by atomic mass is 35.5. The summed E-state index contributed by atoms with van der Waals surface area (Å²) in [7, 11) is 0. The molecule has 0 spiro atoms. The van der Waals surface area contributed by atoms with Gasteiger partial charge >= 0.3 is 0 Å². The first kappa shape index (κ1) is 21.3. The van der Waals surface area contributed by atoms with Crippen LogP contribution in [0.2, 0.25) is 5.02 Å². The van der Waals surface area contributed by atoms with E-state index in [2.05, 4.69) is 43.4 Å². The van der Waals surface area contributed by atoms with Gasteiger partial charge in [-0.25, -0.2) is 0 Å². The van der Waals surface area contributed by atoms with Crippen molar-refractivity contribution < 1.29 is 9.53 Å². The minimum Gasteiger partial charge on any atom is -0.481 e. The molecule has 4 heteroatoms. The van der Waals surface area contributed by atoms with Gasteiger partial charge in [0.15, 0.2) is 6.10 Å². The Kier molecular flexibility index (Phi) is 8.18. The molecule has 0 radical (unpaired) electrons. The van der Waals surface area contributed by atoms with Crippen LogP contribution in [0, 0.1) is 6.92 Å². The number of aryl methyl sites for hydroxylation is 2. The van der Waals surface area contributed by atoms with Crippen LogP contribution < -0.4 is 10.1 Å². The summed E-state index contributed by atoms with van der Waals surface area (Å²) in [5.74, 6) is 1.15. The third-order valence-corrected chi connectivity index (χ3v) is 5.08. The molecule has 0 fully saturated rings. The zero-order valence-electron chi connectivity index (χ0n) is 16.7. The summed E-state index contributed by atoms with van der Waals surface area (Å²) in [5.41, 5.74) is 3.59. The number of halogens is 1. The summed E-state index contributed by atoms with van der Waals surface area (Å²) in [6, 6.07) is 14.2. The molecule has 1 N–H and O–H groups in total. The van der Waals surface area contributed by atoms with Crippen LogP contribution in [0.25, 0.3) is 0 Å². The van der Waals surface area contributed by atoms with Crippen molar-refractivity contribution in [1.29, 1.82) is 0 Å². The average molecular weight is 388 g/mol. The van der Waals surface area contributed by atoms with Crippen LogP contribution in [-0.4, -0.2) is 18.6 Å². The summed E-state index contributed by atoms with van der Waals surface area (Å²) in [4.78, 5) is 12.4. The Labute approximate surface area is 168 Å². The Bertz CT molecular complexity index is 741. The van der Waals surface area contributed by atoms with Crippen molar-refractivity contribution in [2.45, 2.75) is 59.0 Å². The molecular weight excluding hydrogens is 358 g/mol. The molecule has 0 aliphatic carbocycles. The maximum absolute atomic E-state index is 12.4.